The minimum absolute atomic E-state index is 0.281. The molecule has 0 fully saturated rings. The van der Waals surface area contributed by atoms with Gasteiger partial charge in [0.2, 0.25) is 0 Å². The number of fused-ring (bicyclic) bond motifs is 1. The van der Waals surface area contributed by atoms with Crippen molar-refractivity contribution < 1.29 is 9.53 Å². The van der Waals surface area contributed by atoms with Gasteiger partial charge in [-0.3, -0.25) is 4.79 Å². The van der Waals surface area contributed by atoms with Crippen molar-refractivity contribution in [2.24, 2.45) is 4.99 Å². The van der Waals surface area contributed by atoms with E-state index in [0.29, 0.717) is 21.1 Å². The second-order valence-electron chi connectivity index (χ2n) is 5.30. The number of aromatic nitrogens is 1. The van der Waals surface area contributed by atoms with Crippen molar-refractivity contribution in [2.75, 3.05) is 7.11 Å². The fraction of sp³-hybridized carbons (Fsp3) is 0.222. The lowest BCUT2D eigenvalue weighted by molar-refractivity contribution is 0.0997. The van der Waals surface area contributed by atoms with Crippen molar-refractivity contribution in [1.82, 2.24) is 4.57 Å². The van der Waals surface area contributed by atoms with E-state index in [1.54, 1.807) is 31.4 Å². The van der Waals surface area contributed by atoms with E-state index in [1.807, 2.05) is 18.2 Å². The van der Waals surface area contributed by atoms with E-state index < -0.39 is 0 Å². The molecule has 24 heavy (non-hydrogen) atoms. The highest BCUT2D eigenvalue weighted by molar-refractivity contribution is 7.16. The number of hydrogen-bond donors (Lipinski definition) is 0. The monoisotopic (exact) mass is 360 g/mol. The van der Waals surface area contributed by atoms with Gasteiger partial charge in [0.15, 0.2) is 4.80 Å². The van der Waals surface area contributed by atoms with Crippen LogP contribution in [0.1, 0.15) is 23.7 Å². The van der Waals surface area contributed by atoms with E-state index in [-0.39, 0.29) is 5.91 Å². The molecule has 2 aromatic carbocycles. The van der Waals surface area contributed by atoms with Crippen LogP contribution in [-0.2, 0) is 6.54 Å². The van der Waals surface area contributed by atoms with Crippen molar-refractivity contribution in [3.05, 3.63) is 57.9 Å². The van der Waals surface area contributed by atoms with Crippen molar-refractivity contribution in [1.29, 1.82) is 0 Å². The van der Waals surface area contributed by atoms with Gasteiger partial charge >= 0.3 is 0 Å². The second-order valence-corrected chi connectivity index (χ2v) is 6.74. The summed E-state index contributed by atoms with van der Waals surface area (Å²) in [5, 5.41) is 0.679. The summed E-state index contributed by atoms with van der Waals surface area (Å²) in [5.41, 5.74) is 1.55. The SMILES string of the molecule is CCCn1c(=NC(=O)c2cccc(OC)c2)sc2cc(Cl)ccc21. The Morgan fingerprint density at radius 1 is 1.29 bits per heavy atom. The molecule has 0 unspecified atom stereocenters. The van der Waals surface area contributed by atoms with Crippen molar-refractivity contribution in [2.45, 2.75) is 19.9 Å². The average Bonchev–Trinajstić information content (AvgIpc) is 2.91. The molecule has 0 saturated carbocycles. The molecular weight excluding hydrogens is 344 g/mol. The number of carbonyl (C=O) groups excluding carboxylic acids is 1. The van der Waals surface area contributed by atoms with Crippen LogP contribution >= 0.6 is 22.9 Å². The number of rotatable bonds is 4. The Morgan fingerprint density at radius 3 is 2.88 bits per heavy atom. The fourth-order valence-corrected chi connectivity index (χ4v) is 3.81. The van der Waals surface area contributed by atoms with E-state index in [1.165, 1.54) is 11.3 Å². The van der Waals surface area contributed by atoms with Gasteiger partial charge in [0.1, 0.15) is 5.75 Å². The summed E-state index contributed by atoms with van der Waals surface area (Å²) < 4.78 is 8.25. The molecule has 3 aromatic rings. The van der Waals surface area contributed by atoms with Gasteiger partial charge in [-0.05, 0) is 42.8 Å². The lowest BCUT2D eigenvalue weighted by atomic mass is 10.2. The first-order valence-electron chi connectivity index (χ1n) is 7.64. The van der Waals surface area contributed by atoms with Gasteiger partial charge in [-0.25, -0.2) is 0 Å². The van der Waals surface area contributed by atoms with E-state index in [4.69, 9.17) is 16.3 Å². The van der Waals surface area contributed by atoms with Crippen LogP contribution in [-0.4, -0.2) is 17.6 Å². The highest BCUT2D eigenvalue weighted by Crippen LogP contribution is 2.22. The molecule has 0 N–H and O–H groups in total. The van der Waals surface area contributed by atoms with Crippen LogP contribution in [0.25, 0.3) is 10.2 Å². The van der Waals surface area contributed by atoms with Crippen LogP contribution < -0.4 is 9.54 Å². The first kappa shape index (κ1) is 16.7. The molecular formula is C18H17ClN2O2S. The van der Waals surface area contributed by atoms with Crippen LogP contribution in [0.15, 0.2) is 47.5 Å². The number of amides is 1. The largest absolute Gasteiger partial charge is 0.497 e. The standard InChI is InChI=1S/C18H17ClN2O2S/c1-3-9-21-15-8-7-13(19)11-16(15)24-18(21)20-17(22)12-5-4-6-14(10-12)23-2/h4-8,10-11H,3,9H2,1-2H3. The zero-order valence-electron chi connectivity index (χ0n) is 13.5. The summed E-state index contributed by atoms with van der Waals surface area (Å²) >= 11 is 7.55. The van der Waals surface area contributed by atoms with Crippen LogP contribution in [0.2, 0.25) is 5.02 Å². The first-order chi connectivity index (χ1) is 11.6. The normalized spacial score (nSPS) is 11.9. The molecule has 0 radical (unpaired) electrons. The Kier molecular flexibility index (Phi) is 5.02. The number of aryl methyl sites for hydroxylation is 1. The number of carbonyl (C=O) groups is 1. The maximum atomic E-state index is 12.5. The molecule has 0 bridgehead atoms. The number of methoxy groups -OCH3 is 1. The van der Waals surface area contributed by atoms with Gasteiger partial charge in [0.25, 0.3) is 5.91 Å². The molecule has 1 aromatic heterocycles. The second kappa shape index (κ2) is 7.20. The first-order valence-corrected chi connectivity index (χ1v) is 8.84. The Morgan fingerprint density at radius 2 is 2.12 bits per heavy atom. The Bertz CT molecular complexity index is 959. The molecule has 1 heterocycles. The molecule has 0 saturated heterocycles. The number of halogens is 1. The third-order valence-corrected chi connectivity index (χ3v) is 4.88. The molecule has 124 valence electrons. The van der Waals surface area contributed by atoms with Crippen molar-refractivity contribution >= 4 is 39.1 Å². The average molecular weight is 361 g/mol. The third-order valence-electron chi connectivity index (χ3n) is 3.61. The summed E-state index contributed by atoms with van der Waals surface area (Å²) in [7, 11) is 1.58. The van der Waals surface area contributed by atoms with Crippen LogP contribution in [0, 0.1) is 0 Å². The quantitative estimate of drug-likeness (QED) is 0.686. The maximum absolute atomic E-state index is 12.5. The molecule has 0 aliphatic rings. The fourth-order valence-electron chi connectivity index (χ4n) is 2.48. The maximum Gasteiger partial charge on any atom is 0.279 e. The number of ether oxygens (including phenoxy) is 1. The number of nitrogens with zero attached hydrogens (tertiary/aromatic N) is 2. The highest BCUT2D eigenvalue weighted by atomic mass is 35.5. The summed E-state index contributed by atoms with van der Waals surface area (Å²) in [6.07, 6.45) is 0.953. The van der Waals surface area contributed by atoms with Gasteiger partial charge in [-0.15, -0.1) is 0 Å². The third kappa shape index (κ3) is 3.37. The minimum Gasteiger partial charge on any atom is -0.497 e. The van der Waals surface area contributed by atoms with E-state index in [9.17, 15) is 4.79 Å². The van der Waals surface area contributed by atoms with Gasteiger partial charge in [-0.2, -0.15) is 4.99 Å². The smallest absolute Gasteiger partial charge is 0.279 e. The van der Waals surface area contributed by atoms with Crippen LogP contribution in [0.5, 0.6) is 5.75 Å². The highest BCUT2D eigenvalue weighted by Gasteiger charge is 2.10. The molecule has 0 aliphatic carbocycles. The minimum atomic E-state index is -0.281. The molecule has 0 spiro atoms. The van der Waals surface area contributed by atoms with Crippen LogP contribution in [0.4, 0.5) is 0 Å². The van der Waals surface area contributed by atoms with Gasteiger partial charge < -0.3 is 9.30 Å². The number of thiazole rings is 1. The zero-order chi connectivity index (χ0) is 17.1. The van der Waals surface area contributed by atoms with E-state index in [2.05, 4.69) is 16.5 Å². The number of benzene rings is 2. The van der Waals surface area contributed by atoms with E-state index >= 15 is 0 Å². The summed E-state index contributed by atoms with van der Waals surface area (Å²) in [6, 6.07) is 12.8. The molecule has 6 heteroatoms. The predicted octanol–water partition coefficient (Wildman–Crippen LogP) is 4.52. The Balaban J connectivity index is 2.11. The Hall–Kier alpha value is -2.11. The van der Waals surface area contributed by atoms with Crippen molar-refractivity contribution in [3.63, 3.8) is 0 Å². The summed E-state index contributed by atoms with van der Waals surface area (Å²) in [6.45, 7) is 2.89. The molecule has 0 atom stereocenters. The van der Waals surface area contributed by atoms with Gasteiger partial charge in [0.05, 0.1) is 17.3 Å². The predicted molar refractivity (Wildman–Crippen MR) is 98.0 cm³/mol. The molecule has 1 amide bonds. The lowest BCUT2D eigenvalue weighted by Crippen LogP contribution is -2.16. The summed E-state index contributed by atoms with van der Waals surface area (Å²) in [5.74, 6) is 0.358. The lowest BCUT2D eigenvalue weighted by Gasteiger charge is -2.03. The van der Waals surface area contributed by atoms with Crippen LogP contribution in [0.3, 0.4) is 0 Å². The molecule has 4 nitrogen and oxygen atoms in total. The summed E-state index contributed by atoms with van der Waals surface area (Å²) in [4.78, 5) is 17.5. The number of hydrogen-bond acceptors (Lipinski definition) is 3. The Labute approximate surface area is 149 Å². The van der Waals surface area contributed by atoms with E-state index in [0.717, 1.165) is 23.2 Å². The van der Waals surface area contributed by atoms with Gasteiger partial charge in [0, 0.05) is 17.1 Å². The topological polar surface area (TPSA) is 43.6 Å². The molecule has 3 rings (SSSR count). The van der Waals surface area contributed by atoms with Crippen molar-refractivity contribution in [3.8, 4) is 5.75 Å². The van der Waals surface area contributed by atoms with Gasteiger partial charge in [-0.1, -0.05) is 35.9 Å². The molecule has 0 aliphatic heterocycles. The zero-order valence-corrected chi connectivity index (χ0v) is 15.0.